The minimum absolute atomic E-state index is 0.0716. The first kappa shape index (κ1) is 18.2. The Balaban J connectivity index is 2.10. The van der Waals surface area contributed by atoms with Crippen molar-refractivity contribution in [2.45, 2.75) is 4.90 Å². The van der Waals surface area contributed by atoms with Gasteiger partial charge in [-0.1, -0.05) is 34.8 Å². The molecule has 0 aliphatic heterocycles. The highest BCUT2D eigenvalue weighted by Gasteiger charge is 2.11. The molecule has 0 bridgehead atoms. The Bertz CT molecular complexity index is 854. The van der Waals surface area contributed by atoms with Crippen LogP contribution in [0, 0.1) is 0 Å². The van der Waals surface area contributed by atoms with Crippen LogP contribution in [0.5, 0.6) is 0 Å². The number of carbonyl (C=O) groups is 1. The fraction of sp³-hybridized carbons (Fsp3) is 0. The maximum Gasteiger partial charge on any atom is 0.323 e. The van der Waals surface area contributed by atoms with Crippen molar-refractivity contribution in [3.05, 3.63) is 51.5 Å². The van der Waals surface area contributed by atoms with E-state index in [9.17, 15) is 13.2 Å². The zero-order chi connectivity index (χ0) is 17.2. The van der Waals surface area contributed by atoms with Gasteiger partial charge in [0.05, 0.1) is 25.7 Å². The Kier molecular flexibility index (Phi) is 5.65. The van der Waals surface area contributed by atoms with Gasteiger partial charge in [-0.3, -0.25) is 0 Å². The molecule has 10 heteroatoms. The lowest BCUT2D eigenvalue weighted by Gasteiger charge is -2.10. The highest BCUT2D eigenvalue weighted by Crippen LogP contribution is 2.32. The van der Waals surface area contributed by atoms with E-state index in [4.69, 9.17) is 45.5 Å². The number of amides is 2. The van der Waals surface area contributed by atoms with Gasteiger partial charge in [-0.2, -0.15) is 0 Å². The highest BCUT2D eigenvalue weighted by atomic mass is 35.7. The molecule has 0 saturated carbocycles. The normalized spacial score (nSPS) is 11.1. The second-order valence-corrected chi connectivity index (χ2v) is 8.08. The second-order valence-electron chi connectivity index (χ2n) is 4.29. The van der Waals surface area contributed by atoms with Crippen molar-refractivity contribution in [3.63, 3.8) is 0 Å². The molecule has 23 heavy (non-hydrogen) atoms. The van der Waals surface area contributed by atoms with Crippen LogP contribution < -0.4 is 10.6 Å². The van der Waals surface area contributed by atoms with Gasteiger partial charge in [0, 0.05) is 16.4 Å². The van der Waals surface area contributed by atoms with Crippen LogP contribution in [0.1, 0.15) is 0 Å². The zero-order valence-corrected chi connectivity index (χ0v) is 14.9. The standard InChI is InChI=1S/C13H8Cl4N2O3S/c14-9-5-11(16)12(6-10(9)15)19-13(20)18-7-1-3-8(4-2-7)23(17,21)22/h1-6H,(H2,18,19,20). The number of anilines is 2. The summed E-state index contributed by atoms with van der Waals surface area (Å²) in [5.41, 5.74) is 0.640. The third-order valence-corrected chi connectivity index (χ3v) is 5.06. The molecule has 0 atom stereocenters. The van der Waals surface area contributed by atoms with Gasteiger partial charge >= 0.3 is 6.03 Å². The van der Waals surface area contributed by atoms with Gasteiger partial charge in [0.2, 0.25) is 0 Å². The highest BCUT2D eigenvalue weighted by molar-refractivity contribution is 8.13. The Morgan fingerprint density at radius 1 is 0.870 bits per heavy atom. The number of urea groups is 1. The molecule has 0 aromatic heterocycles. The van der Waals surface area contributed by atoms with E-state index in [1.165, 1.54) is 36.4 Å². The Morgan fingerprint density at radius 3 is 2.00 bits per heavy atom. The minimum Gasteiger partial charge on any atom is -0.308 e. The van der Waals surface area contributed by atoms with Crippen molar-refractivity contribution >= 4 is 71.9 Å². The van der Waals surface area contributed by atoms with Crippen molar-refractivity contribution in [1.29, 1.82) is 0 Å². The van der Waals surface area contributed by atoms with E-state index in [1.54, 1.807) is 0 Å². The van der Waals surface area contributed by atoms with E-state index >= 15 is 0 Å². The Morgan fingerprint density at radius 2 is 1.43 bits per heavy atom. The molecule has 0 aliphatic rings. The van der Waals surface area contributed by atoms with Crippen LogP contribution in [0.25, 0.3) is 0 Å². The van der Waals surface area contributed by atoms with Crippen molar-refractivity contribution in [2.75, 3.05) is 10.6 Å². The van der Waals surface area contributed by atoms with E-state index in [2.05, 4.69) is 10.6 Å². The molecule has 122 valence electrons. The predicted molar refractivity (Wildman–Crippen MR) is 93.6 cm³/mol. The maximum atomic E-state index is 11.9. The first-order valence-corrected chi connectivity index (χ1v) is 9.38. The van der Waals surface area contributed by atoms with E-state index in [1.807, 2.05) is 0 Å². The van der Waals surface area contributed by atoms with Crippen LogP contribution in [0.15, 0.2) is 41.3 Å². The molecule has 2 aromatic carbocycles. The van der Waals surface area contributed by atoms with Crippen LogP contribution in [-0.4, -0.2) is 14.4 Å². The smallest absolute Gasteiger partial charge is 0.308 e. The van der Waals surface area contributed by atoms with Crippen molar-refractivity contribution in [1.82, 2.24) is 0 Å². The number of nitrogens with one attached hydrogen (secondary N) is 2. The van der Waals surface area contributed by atoms with Crippen LogP contribution in [0.3, 0.4) is 0 Å². The average Bonchev–Trinajstić information content (AvgIpc) is 2.44. The molecule has 2 rings (SSSR count). The molecular weight excluding hydrogens is 406 g/mol. The van der Waals surface area contributed by atoms with Gasteiger partial charge in [-0.05, 0) is 36.4 Å². The quantitative estimate of drug-likeness (QED) is 0.535. The van der Waals surface area contributed by atoms with Crippen LogP contribution >= 0.6 is 45.5 Å². The number of halogens is 4. The molecule has 0 fully saturated rings. The Hall–Kier alpha value is -1.18. The first-order chi connectivity index (χ1) is 10.7. The lowest BCUT2D eigenvalue weighted by atomic mass is 10.3. The number of benzene rings is 2. The second kappa shape index (κ2) is 7.15. The molecule has 0 radical (unpaired) electrons. The average molecular weight is 414 g/mol. The van der Waals surface area contributed by atoms with Crippen molar-refractivity contribution < 1.29 is 13.2 Å². The number of hydrogen-bond acceptors (Lipinski definition) is 3. The van der Waals surface area contributed by atoms with Gasteiger partial charge < -0.3 is 10.6 Å². The molecular formula is C13H8Cl4N2O3S. The summed E-state index contributed by atoms with van der Waals surface area (Å²) < 4.78 is 22.3. The van der Waals surface area contributed by atoms with Gasteiger partial charge in [-0.25, -0.2) is 13.2 Å². The molecule has 0 aliphatic carbocycles. The van der Waals surface area contributed by atoms with Crippen LogP contribution in [-0.2, 0) is 9.05 Å². The number of rotatable bonds is 3. The summed E-state index contributed by atoms with van der Waals surface area (Å²) in [6.07, 6.45) is 0. The third kappa shape index (κ3) is 4.89. The van der Waals surface area contributed by atoms with E-state index in [-0.39, 0.29) is 25.7 Å². The summed E-state index contributed by atoms with van der Waals surface area (Å²) in [6, 6.07) is 7.55. The van der Waals surface area contributed by atoms with Gasteiger partial charge in [-0.15, -0.1) is 0 Å². The van der Waals surface area contributed by atoms with E-state index < -0.39 is 15.1 Å². The molecule has 2 aromatic rings. The topological polar surface area (TPSA) is 75.3 Å². The summed E-state index contributed by atoms with van der Waals surface area (Å²) in [4.78, 5) is 11.8. The zero-order valence-electron chi connectivity index (χ0n) is 11.1. The molecule has 2 N–H and O–H groups in total. The van der Waals surface area contributed by atoms with Crippen LogP contribution in [0.4, 0.5) is 16.2 Å². The number of hydrogen-bond donors (Lipinski definition) is 2. The van der Waals surface area contributed by atoms with Gasteiger partial charge in [0.15, 0.2) is 0 Å². The van der Waals surface area contributed by atoms with Gasteiger partial charge in [0.25, 0.3) is 9.05 Å². The third-order valence-electron chi connectivity index (χ3n) is 2.65. The fourth-order valence-electron chi connectivity index (χ4n) is 1.60. The summed E-state index contributed by atoms with van der Waals surface area (Å²) in [7, 11) is 1.39. The molecule has 2 amide bonds. The molecule has 5 nitrogen and oxygen atoms in total. The molecule has 0 unspecified atom stereocenters. The maximum absolute atomic E-state index is 11.9. The lowest BCUT2D eigenvalue weighted by Crippen LogP contribution is -2.19. The first-order valence-electron chi connectivity index (χ1n) is 5.94. The molecule has 0 spiro atoms. The van der Waals surface area contributed by atoms with E-state index in [0.717, 1.165) is 0 Å². The summed E-state index contributed by atoms with van der Waals surface area (Å²) in [5, 5.41) is 5.73. The molecule has 0 saturated heterocycles. The molecule has 0 heterocycles. The van der Waals surface area contributed by atoms with Crippen LogP contribution in [0.2, 0.25) is 15.1 Å². The summed E-state index contributed by atoms with van der Waals surface area (Å²) in [6.45, 7) is 0. The van der Waals surface area contributed by atoms with Gasteiger partial charge in [0.1, 0.15) is 0 Å². The monoisotopic (exact) mass is 412 g/mol. The summed E-state index contributed by atoms with van der Waals surface area (Å²) in [5.74, 6) is 0. The predicted octanol–water partition coefficient (Wildman–Crippen LogP) is 5.22. The Labute approximate surface area is 151 Å². The fourth-order valence-corrected chi connectivity index (χ4v) is 2.97. The summed E-state index contributed by atoms with van der Waals surface area (Å²) >= 11 is 17.6. The van der Waals surface area contributed by atoms with Crippen molar-refractivity contribution in [2.24, 2.45) is 0 Å². The van der Waals surface area contributed by atoms with E-state index in [0.29, 0.717) is 5.69 Å². The largest absolute Gasteiger partial charge is 0.323 e. The minimum atomic E-state index is -3.81. The van der Waals surface area contributed by atoms with Crippen molar-refractivity contribution in [3.8, 4) is 0 Å². The SMILES string of the molecule is O=C(Nc1ccc(S(=O)(=O)Cl)cc1)Nc1cc(Cl)c(Cl)cc1Cl. The lowest BCUT2D eigenvalue weighted by molar-refractivity contribution is 0.262. The number of carbonyl (C=O) groups excluding carboxylic acids is 1.